The van der Waals surface area contributed by atoms with E-state index in [0.717, 1.165) is 6.08 Å². The Balaban J connectivity index is 2.65. The number of hydrogen-bond donors (Lipinski definition) is 0. The standard InChI is InChI=1S/C13H11ClF3NO2/c1-2-20-11(19)12(14)7-8-5-3-4-6-9(8)18-10(12)13(15,16)17/h3-7,10H,2H2,1H3. The van der Waals surface area contributed by atoms with Gasteiger partial charge in [-0.3, -0.25) is 4.99 Å². The van der Waals surface area contributed by atoms with E-state index in [9.17, 15) is 18.0 Å². The first kappa shape index (κ1) is 14.8. The summed E-state index contributed by atoms with van der Waals surface area (Å²) in [6, 6.07) is 3.80. The van der Waals surface area contributed by atoms with Crippen molar-refractivity contribution in [3.8, 4) is 0 Å². The molecule has 2 rings (SSSR count). The average Bonchev–Trinajstić information content (AvgIpc) is 2.37. The molecule has 0 bridgehead atoms. The Kier molecular flexibility index (Phi) is 3.77. The van der Waals surface area contributed by atoms with Crippen LogP contribution in [0.3, 0.4) is 0 Å². The number of carbonyl (C=O) groups is 1. The predicted octanol–water partition coefficient (Wildman–Crippen LogP) is 1.57. The van der Waals surface area contributed by atoms with Gasteiger partial charge in [0.1, 0.15) is 0 Å². The maximum atomic E-state index is 13.1. The van der Waals surface area contributed by atoms with Crippen LogP contribution in [0.4, 0.5) is 13.2 Å². The second-order valence-electron chi connectivity index (χ2n) is 4.26. The molecular formula is C13H11ClF3NO2. The topological polar surface area (TPSA) is 38.7 Å². The zero-order valence-corrected chi connectivity index (χ0v) is 11.2. The summed E-state index contributed by atoms with van der Waals surface area (Å²) in [6.07, 6.45) is -3.69. The molecule has 3 nitrogen and oxygen atoms in total. The third kappa shape index (κ3) is 2.52. The van der Waals surface area contributed by atoms with Crippen LogP contribution in [0.5, 0.6) is 0 Å². The highest BCUT2D eigenvalue weighted by molar-refractivity contribution is 6.39. The van der Waals surface area contributed by atoms with Gasteiger partial charge in [-0.15, -0.1) is 0 Å². The number of esters is 1. The average molecular weight is 306 g/mol. The monoisotopic (exact) mass is 305 g/mol. The molecule has 1 aromatic carbocycles. The summed E-state index contributed by atoms with van der Waals surface area (Å²) >= 11 is 5.94. The Hall–Kier alpha value is -1.56. The fourth-order valence-corrected chi connectivity index (χ4v) is 2.33. The molecule has 0 saturated carbocycles. The van der Waals surface area contributed by atoms with Crippen molar-refractivity contribution in [2.45, 2.75) is 24.0 Å². The summed E-state index contributed by atoms with van der Waals surface area (Å²) < 4.78 is 44.0. The highest BCUT2D eigenvalue weighted by Crippen LogP contribution is 2.38. The van der Waals surface area contributed by atoms with Crippen LogP contribution in [-0.2, 0) is 9.53 Å². The zero-order valence-electron chi connectivity index (χ0n) is 10.4. The lowest BCUT2D eigenvalue weighted by Gasteiger charge is -2.31. The summed E-state index contributed by atoms with van der Waals surface area (Å²) in [5.41, 5.74) is 0. The Bertz CT molecular complexity index is 644. The lowest BCUT2D eigenvalue weighted by molar-refractivity contribution is -0.167. The minimum Gasteiger partial charge on any atom is -0.464 e. The molecule has 2 unspecified atom stereocenters. The van der Waals surface area contributed by atoms with Gasteiger partial charge in [0.2, 0.25) is 0 Å². The van der Waals surface area contributed by atoms with Gasteiger partial charge in [0.05, 0.1) is 12.0 Å². The number of halogens is 4. The van der Waals surface area contributed by atoms with Crippen LogP contribution in [0, 0.1) is 0 Å². The van der Waals surface area contributed by atoms with Crippen molar-refractivity contribution in [2.75, 3.05) is 6.61 Å². The van der Waals surface area contributed by atoms with Gasteiger partial charge < -0.3 is 4.74 Å². The molecule has 0 aliphatic carbocycles. The second-order valence-corrected chi connectivity index (χ2v) is 4.89. The number of fused-ring (bicyclic) bond motifs is 1. The number of benzene rings is 1. The van der Waals surface area contributed by atoms with Crippen LogP contribution in [0.2, 0.25) is 0 Å². The molecule has 0 spiro atoms. The highest BCUT2D eigenvalue weighted by atomic mass is 35.5. The minimum atomic E-state index is -4.75. The summed E-state index contributed by atoms with van der Waals surface area (Å²) in [6.45, 7) is 1.43. The van der Waals surface area contributed by atoms with Crippen molar-refractivity contribution in [1.82, 2.24) is 0 Å². The third-order valence-corrected chi connectivity index (χ3v) is 3.34. The van der Waals surface area contributed by atoms with Crippen molar-refractivity contribution >= 4 is 23.6 Å². The predicted molar refractivity (Wildman–Crippen MR) is 66.7 cm³/mol. The Morgan fingerprint density at radius 2 is 2.10 bits per heavy atom. The van der Waals surface area contributed by atoms with E-state index in [1.54, 1.807) is 18.2 Å². The van der Waals surface area contributed by atoms with Crippen LogP contribution in [-0.4, -0.2) is 29.7 Å². The van der Waals surface area contributed by atoms with Crippen LogP contribution in [0.15, 0.2) is 29.3 Å². The molecular weight excluding hydrogens is 295 g/mol. The van der Waals surface area contributed by atoms with Crippen LogP contribution in [0.1, 0.15) is 6.92 Å². The molecule has 0 saturated heterocycles. The zero-order chi connectivity index (χ0) is 15.0. The van der Waals surface area contributed by atoms with E-state index in [-0.39, 0.29) is 12.0 Å². The first-order valence-electron chi connectivity index (χ1n) is 5.87. The van der Waals surface area contributed by atoms with Crippen molar-refractivity contribution in [3.05, 3.63) is 34.8 Å². The number of para-hydroxylation sites is 1. The van der Waals surface area contributed by atoms with Crippen molar-refractivity contribution in [1.29, 1.82) is 0 Å². The van der Waals surface area contributed by atoms with Gasteiger partial charge in [-0.25, -0.2) is 4.79 Å². The third-order valence-electron chi connectivity index (χ3n) is 2.87. The number of ether oxygens (including phenoxy) is 1. The number of carbonyl (C=O) groups excluding carboxylic acids is 1. The largest absolute Gasteiger partial charge is 0.464 e. The van der Waals surface area contributed by atoms with E-state index >= 15 is 0 Å². The molecule has 1 heterocycles. The number of hydrogen-bond acceptors (Lipinski definition) is 3. The van der Waals surface area contributed by atoms with Gasteiger partial charge in [0, 0.05) is 0 Å². The fraction of sp³-hybridized carbons (Fsp3) is 0.385. The molecule has 0 aromatic heterocycles. The molecule has 0 N–H and O–H groups in total. The Labute approximate surface area is 117 Å². The van der Waals surface area contributed by atoms with Crippen molar-refractivity contribution in [2.24, 2.45) is 4.99 Å². The second kappa shape index (κ2) is 5.09. The van der Waals surface area contributed by atoms with Gasteiger partial charge in [0.15, 0.2) is 10.9 Å². The quantitative estimate of drug-likeness (QED) is 0.614. The van der Waals surface area contributed by atoms with E-state index in [1.807, 2.05) is 0 Å². The van der Waals surface area contributed by atoms with E-state index in [4.69, 9.17) is 11.6 Å². The molecule has 0 amide bonds. The van der Waals surface area contributed by atoms with E-state index in [1.165, 1.54) is 13.0 Å². The summed E-state index contributed by atoms with van der Waals surface area (Å²) in [4.78, 5) is 13.1. The molecule has 1 aliphatic heterocycles. The first-order valence-corrected chi connectivity index (χ1v) is 6.25. The maximum absolute atomic E-state index is 13.1. The molecule has 1 aromatic rings. The van der Waals surface area contributed by atoms with Crippen molar-refractivity contribution in [3.63, 3.8) is 0 Å². The SMILES string of the molecule is CCOC(=O)C1(Cl)C=c2ccccc2=NC1C(F)(F)F. The highest BCUT2D eigenvalue weighted by Gasteiger charge is 2.58. The Morgan fingerprint density at radius 3 is 2.70 bits per heavy atom. The Morgan fingerprint density at radius 1 is 1.45 bits per heavy atom. The van der Waals surface area contributed by atoms with E-state index < -0.39 is 23.1 Å². The van der Waals surface area contributed by atoms with Crippen LogP contribution in [0.25, 0.3) is 6.08 Å². The minimum absolute atomic E-state index is 0.0621. The van der Waals surface area contributed by atoms with Crippen molar-refractivity contribution < 1.29 is 22.7 Å². The number of rotatable bonds is 2. The molecule has 0 fully saturated rings. The molecule has 7 heteroatoms. The summed E-state index contributed by atoms with van der Waals surface area (Å²) in [5, 5.41) is 0.520. The number of alkyl halides is 4. The molecule has 1 aliphatic rings. The fourth-order valence-electron chi connectivity index (χ4n) is 1.99. The summed E-state index contributed by atoms with van der Waals surface area (Å²) in [7, 11) is 0. The van der Waals surface area contributed by atoms with Gasteiger partial charge in [0.25, 0.3) is 0 Å². The summed E-state index contributed by atoms with van der Waals surface area (Å²) in [5.74, 6) is -1.15. The molecule has 20 heavy (non-hydrogen) atoms. The smallest absolute Gasteiger partial charge is 0.413 e. The normalized spacial score (nSPS) is 25.1. The molecule has 2 atom stereocenters. The van der Waals surface area contributed by atoms with Crippen LogP contribution >= 0.6 is 11.6 Å². The van der Waals surface area contributed by atoms with Gasteiger partial charge >= 0.3 is 12.1 Å². The van der Waals surface area contributed by atoms with Crippen LogP contribution < -0.4 is 10.6 Å². The van der Waals surface area contributed by atoms with E-state index in [2.05, 4.69) is 9.73 Å². The number of nitrogens with zero attached hydrogens (tertiary/aromatic N) is 1. The lowest BCUT2D eigenvalue weighted by Crippen LogP contribution is -2.55. The van der Waals surface area contributed by atoms with Gasteiger partial charge in [-0.2, -0.15) is 13.2 Å². The van der Waals surface area contributed by atoms with Gasteiger partial charge in [-0.05, 0) is 24.3 Å². The molecule has 0 radical (unpaired) electrons. The van der Waals surface area contributed by atoms with E-state index in [0.29, 0.717) is 5.22 Å². The lowest BCUT2D eigenvalue weighted by atomic mass is 9.94. The maximum Gasteiger partial charge on any atom is 0.413 e. The van der Waals surface area contributed by atoms with Gasteiger partial charge in [-0.1, -0.05) is 29.8 Å². The molecule has 108 valence electrons. The first-order chi connectivity index (χ1) is 9.29.